The first kappa shape index (κ1) is 19.9. The Morgan fingerprint density at radius 2 is 1.83 bits per heavy atom. The molecule has 1 aliphatic heterocycles. The zero-order valence-electron chi connectivity index (χ0n) is 16.6. The molecule has 0 spiro atoms. The summed E-state index contributed by atoms with van der Waals surface area (Å²) in [5.74, 6) is 0.983. The van der Waals surface area contributed by atoms with Crippen LogP contribution < -0.4 is 10.1 Å². The van der Waals surface area contributed by atoms with Crippen LogP contribution in [0.4, 0.5) is 5.69 Å². The summed E-state index contributed by atoms with van der Waals surface area (Å²) in [6.07, 6.45) is 4.54. The molecule has 1 saturated carbocycles. The monoisotopic (exact) mass is 414 g/mol. The maximum atomic E-state index is 13.1. The normalized spacial score (nSPS) is 17.7. The second kappa shape index (κ2) is 8.16. The van der Waals surface area contributed by atoms with Crippen molar-refractivity contribution in [2.45, 2.75) is 43.9 Å². The van der Waals surface area contributed by atoms with Gasteiger partial charge in [0.1, 0.15) is 5.75 Å². The highest BCUT2D eigenvalue weighted by Crippen LogP contribution is 2.36. The minimum atomic E-state index is -3.59. The molecule has 0 unspecified atom stereocenters. The van der Waals surface area contributed by atoms with Crippen LogP contribution in [0.5, 0.6) is 11.5 Å². The van der Waals surface area contributed by atoms with E-state index in [2.05, 4.69) is 5.32 Å². The lowest BCUT2D eigenvalue weighted by atomic mass is 10.2. The van der Waals surface area contributed by atoms with Crippen molar-refractivity contribution < 1.29 is 17.9 Å². The van der Waals surface area contributed by atoms with Gasteiger partial charge in [0.25, 0.3) is 0 Å². The Balaban J connectivity index is 1.66. The van der Waals surface area contributed by atoms with Gasteiger partial charge in [0.2, 0.25) is 15.9 Å². The average molecular weight is 415 g/mol. The molecule has 7 heteroatoms. The molecule has 0 atom stereocenters. The molecule has 2 fully saturated rings. The number of ether oxygens (including phenoxy) is 1. The van der Waals surface area contributed by atoms with Crippen molar-refractivity contribution >= 4 is 21.6 Å². The maximum absolute atomic E-state index is 13.1. The molecule has 154 valence electrons. The summed E-state index contributed by atoms with van der Waals surface area (Å²) in [5.41, 5.74) is 1.44. The van der Waals surface area contributed by atoms with E-state index in [9.17, 15) is 13.2 Å². The third-order valence-electron chi connectivity index (χ3n) is 5.33. The van der Waals surface area contributed by atoms with E-state index in [0.717, 1.165) is 37.7 Å². The molecule has 1 heterocycles. The number of aryl methyl sites for hydroxylation is 1. The van der Waals surface area contributed by atoms with E-state index in [1.165, 1.54) is 10.4 Å². The minimum Gasteiger partial charge on any atom is -0.455 e. The number of carbonyl (C=O) groups is 1. The van der Waals surface area contributed by atoms with Crippen LogP contribution in [-0.4, -0.2) is 31.7 Å². The summed E-state index contributed by atoms with van der Waals surface area (Å²) >= 11 is 0. The molecule has 1 amide bonds. The van der Waals surface area contributed by atoms with Crippen LogP contribution in [0.2, 0.25) is 0 Å². The predicted molar refractivity (Wildman–Crippen MR) is 112 cm³/mol. The first-order valence-electron chi connectivity index (χ1n) is 10.1. The molecule has 0 radical (unpaired) electrons. The highest BCUT2D eigenvalue weighted by atomic mass is 32.2. The van der Waals surface area contributed by atoms with Gasteiger partial charge >= 0.3 is 0 Å². The minimum absolute atomic E-state index is 0.00387. The van der Waals surface area contributed by atoms with E-state index in [1.807, 2.05) is 31.2 Å². The molecule has 1 saturated heterocycles. The van der Waals surface area contributed by atoms with Crippen LogP contribution in [0.1, 0.15) is 37.7 Å². The van der Waals surface area contributed by atoms with Gasteiger partial charge in [-0.05, 0) is 68.5 Å². The highest BCUT2D eigenvalue weighted by Gasteiger charge is 2.31. The van der Waals surface area contributed by atoms with Crippen LogP contribution in [-0.2, 0) is 14.8 Å². The number of piperidine rings is 1. The summed E-state index contributed by atoms with van der Waals surface area (Å²) < 4.78 is 33.6. The van der Waals surface area contributed by atoms with Crippen LogP contribution in [0.3, 0.4) is 0 Å². The van der Waals surface area contributed by atoms with Crippen molar-refractivity contribution in [2.75, 3.05) is 18.4 Å². The Morgan fingerprint density at radius 1 is 1.07 bits per heavy atom. The number of nitrogens with one attached hydrogen (secondary N) is 1. The molecule has 2 aliphatic rings. The van der Waals surface area contributed by atoms with Gasteiger partial charge in [0.05, 0.1) is 10.6 Å². The highest BCUT2D eigenvalue weighted by molar-refractivity contribution is 7.89. The van der Waals surface area contributed by atoms with Crippen molar-refractivity contribution in [3.8, 4) is 11.5 Å². The van der Waals surface area contributed by atoms with Crippen molar-refractivity contribution in [1.29, 1.82) is 0 Å². The van der Waals surface area contributed by atoms with E-state index in [4.69, 9.17) is 4.74 Å². The molecule has 0 aromatic heterocycles. The number of nitrogens with zero attached hydrogens (tertiary/aromatic N) is 1. The summed E-state index contributed by atoms with van der Waals surface area (Å²) in [7, 11) is -3.59. The topological polar surface area (TPSA) is 75.7 Å². The number of anilines is 1. The van der Waals surface area contributed by atoms with Crippen molar-refractivity contribution in [3.63, 3.8) is 0 Å². The Bertz CT molecular complexity index is 1010. The van der Waals surface area contributed by atoms with Gasteiger partial charge in [0.15, 0.2) is 5.75 Å². The SMILES string of the molecule is Cc1cccc(Oc2ccc(S(=O)(=O)N3CCCCC3)cc2NC(=O)C2CC2)c1. The van der Waals surface area contributed by atoms with E-state index in [1.54, 1.807) is 12.1 Å². The first-order valence-corrected chi connectivity index (χ1v) is 11.6. The van der Waals surface area contributed by atoms with Gasteiger partial charge in [-0.25, -0.2) is 8.42 Å². The molecule has 2 aromatic rings. The van der Waals surface area contributed by atoms with Gasteiger partial charge in [-0.1, -0.05) is 18.6 Å². The smallest absolute Gasteiger partial charge is 0.243 e. The molecule has 29 heavy (non-hydrogen) atoms. The summed E-state index contributed by atoms with van der Waals surface area (Å²) in [6.45, 7) is 3.04. The fraction of sp³-hybridized carbons (Fsp3) is 0.409. The zero-order valence-corrected chi connectivity index (χ0v) is 17.4. The number of carbonyl (C=O) groups excluding carboxylic acids is 1. The average Bonchev–Trinajstić information content (AvgIpc) is 3.55. The van der Waals surface area contributed by atoms with Crippen LogP contribution >= 0.6 is 0 Å². The fourth-order valence-corrected chi connectivity index (χ4v) is 5.04. The van der Waals surface area contributed by atoms with E-state index >= 15 is 0 Å². The maximum Gasteiger partial charge on any atom is 0.243 e. The van der Waals surface area contributed by atoms with E-state index < -0.39 is 10.0 Å². The molecule has 1 N–H and O–H groups in total. The first-order chi connectivity index (χ1) is 13.9. The Hall–Kier alpha value is -2.38. The Morgan fingerprint density at radius 3 is 2.52 bits per heavy atom. The van der Waals surface area contributed by atoms with Gasteiger partial charge < -0.3 is 10.1 Å². The number of rotatable bonds is 6. The molecule has 4 rings (SSSR count). The standard InChI is InChI=1S/C22H26N2O4S/c1-16-6-5-7-18(14-16)28-21-11-10-19(15-20(21)23-22(25)17-8-9-17)29(26,27)24-12-3-2-4-13-24/h5-7,10-11,14-15,17H,2-4,8-9,12-13H2,1H3,(H,23,25). The molecular formula is C22H26N2O4S. The van der Waals surface area contributed by atoms with Crippen LogP contribution in [0.15, 0.2) is 47.4 Å². The molecule has 6 nitrogen and oxygen atoms in total. The quantitative estimate of drug-likeness (QED) is 0.764. The Kier molecular flexibility index (Phi) is 5.61. The second-order valence-electron chi connectivity index (χ2n) is 7.80. The third kappa shape index (κ3) is 4.62. The zero-order chi connectivity index (χ0) is 20.4. The van der Waals surface area contributed by atoms with Crippen LogP contribution in [0, 0.1) is 12.8 Å². The molecule has 2 aromatic carbocycles. The molecule has 0 bridgehead atoms. The van der Waals surface area contributed by atoms with Crippen molar-refractivity contribution in [1.82, 2.24) is 4.31 Å². The van der Waals surface area contributed by atoms with E-state index in [0.29, 0.717) is 30.3 Å². The third-order valence-corrected chi connectivity index (χ3v) is 7.22. The van der Waals surface area contributed by atoms with Crippen molar-refractivity contribution in [3.05, 3.63) is 48.0 Å². The molecular weight excluding hydrogens is 388 g/mol. The second-order valence-corrected chi connectivity index (χ2v) is 9.74. The summed E-state index contributed by atoms with van der Waals surface area (Å²) in [6, 6.07) is 12.3. The van der Waals surface area contributed by atoms with Gasteiger partial charge in [-0.3, -0.25) is 4.79 Å². The van der Waals surface area contributed by atoms with E-state index in [-0.39, 0.29) is 16.7 Å². The van der Waals surface area contributed by atoms with Gasteiger partial charge in [0, 0.05) is 19.0 Å². The lowest BCUT2D eigenvalue weighted by Crippen LogP contribution is -2.35. The van der Waals surface area contributed by atoms with Crippen molar-refractivity contribution in [2.24, 2.45) is 5.92 Å². The number of hydrogen-bond acceptors (Lipinski definition) is 4. The fourth-order valence-electron chi connectivity index (χ4n) is 3.50. The Labute approximate surface area is 171 Å². The summed E-state index contributed by atoms with van der Waals surface area (Å²) in [5, 5.41) is 2.88. The lowest BCUT2D eigenvalue weighted by Gasteiger charge is -2.26. The number of benzene rings is 2. The summed E-state index contributed by atoms with van der Waals surface area (Å²) in [4.78, 5) is 12.6. The molecule has 1 aliphatic carbocycles. The largest absolute Gasteiger partial charge is 0.455 e. The lowest BCUT2D eigenvalue weighted by molar-refractivity contribution is -0.117. The van der Waals surface area contributed by atoms with Gasteiger partial charge in [-0.2, -0.15) is 4.31 Å². The van der Waals surface area contributed by atoms with Crippen LogP contribution in [0.25, 0.3) is 0 Å². The van der Waals surface area contributed by atoms with Gasteiger partial charge in [-0.15, -0.1) is 0 Å². The number of sulfonamides is 1. The number of amides is 1. The predicted octanol–water partition coefficient (Wildman–Crippen LogP) is 4.31. The number of hydrogen-bond donors (Lipinski definition) is 1.